The minimum Gasteiger partial charge on any atom is -0.364 e. The fourth-order valence-corrected chi connectivity index (χ4v) is 4.83. The van der Waals surface area contributed by atoms with Gasteiger partial charge in [-0.2, -0.15) is 4.31 Å². The number of guanidine groups is 1. The fourth-order valence-electron chi connectivity index (χ4n) is 3.41. The summed E-state index contributed by atoms with van der Waals surface area (Å²) in [4.78, 5) is 8.59. The topological polar surface area (TPSA) is 94.3 Å². The lowest BCUT2D eigenvalue weighted by Crippen LogP contribution is -2.53. The first-order chi connectivity index (χ1) is 14.4. The maximum atomic E-state index is 12.6. The number of nitrogens with one attached hydrogen (secondary N) is 1. The first kappa shape index (κ1) is 22.3. The summed E-state index contributed by atoms with van der Waals surface area (Å²) in [6, 6.07) is 10.1. The van der Waals surface area contributed by atoms with Gasteiger partial charge >= 0.3 is 0 Å². The minimum atomic E-state index is -3.41. The monoisotopic (exact) mass is 434 g/mol. The van der Waals surface area contributed by atoms with Gasteiger partial charge in [-0.25, -0.2) is 8.42 Å². The standard InChI is InChI=1S/C20H30N6O3S/c1-21-20(22-14-17-4-6-18(7-5-17)15-24(2)3)25-9-11-26(12-10-25)30(27,28)16-19-8-13-29-23-19/h4-8,13H,9-12,14-16H2,1-3H3,(H,21,22). The Balaban J connectivity index is 1.50. The van der Waals surface area contributed by atoms with E-state index >= 15 is 0 Å². The van der Waals surface area contributed by atoms with Gasteiger partial charge in [0.15, 0.2) is 5.96 Å². The van der Waals surface area contributed by atoms with Crippen LogP contribution in [0, 0.1) is 0 Å². The lowest BCUT2D eigenvalue weighted by atomic mass is 10.1. The molecular weight excluding hydrogens is 404 g/mol. The average molecular weight is 435 g/mol. The van der Waals surface area contributed by atoms with Crippen LogP contribution >= 0.6 is 0 Å². The van der Waals surface area contributed by atoms with Crippen molar-refractivity contribution in [3.05, 3.63) is 53.4 Å². The number of hydrogen-bond donors (Lipinski definition) is 1. The summed E-state index contributed by atoms with van der Waals surface area (Å²) in [6.07, 6.45) is 1.38. The number of hydrogen-bond acceptors (Lipinski definition) is 6. The van der Waals surface area contributed by atoms with E-state index in [1.54, 1.807) is 13.1 Å². The fraction of sp³-hybridized carbons (Fsp3) is 0.500. The lowest BCUT2D eigenvalue weighted by Gasteiger charge is -2.35. The molecule has 0 aliphatic carbocycles. The number of nitrogens with zero attached hydrogens (tertiary/aromatic N) is 5. The molecule has 2 aromatic rings. The van der Waals surface area contributed by atoms with Gasteiger partial charge in [-0.15, -0.1) is 0 Å². The second kappa shape index (κ2) is 10.1. The summed E-state index contributed by atoms with van der Waals surface area (Å²) in [7, 11) is 2.45. The Morgan fingerprint density at radius 2 is 1.80 bits per heavy atom. The smallest absolute Gasteiger partial charge is 0.220 e. The number of rotatable bonds is 7. The van der Waals surface area contributed by atoms with Gasteiger partial charge in [-0.05, 0) is 25.2 Å². The van der Waals surface area contributed by atoms with Crippen LogP contribution in [-0.4, -0.2) is 81.0 Å². The van der Waals surface area contributed by atoms with E-state index in [0.29, 0.717) is 38.4 Å². The van der Waals surface area contributed by atoms with Crippen LogP contribution < -0.4 is 5.32 Å². The van der Waals surface area contributed by atoms with E-state index in [9.17, 15) is 8.42 Å². The molecule has 3 rings (SSSR count). The molecule has 0 radical (unpaired) electrons. The van der Waals surface area contributed by atoms with Crippen LogP contribution in [-0.2, 0) is 28.9 Å². The molecule has 0 bridgehead atoms. The molecular formula is C20H30N6O3S. The lowest BCUT2D eigenvalue weighted by molar-refractivity contribution is 0.259. The number of aromatic nitrogens is 1. The van der Waals surface area contributed by atoms with Gasteiger partial charge in [-0.3, -0.25) is 4.99 Å². The first-order valence-corrected chi connectivity index (χ1v) is 11.5. The van der Waals surface area contributed by atoms with E-state index in [1.807, 2.05) is 0 Å². The number of aliphatic imine (C=N–C) groups is 1. The molecule has 0 unspecified atom stereocenters. The normalized spacial score (nSPS) is 16.3. The molecule has 1 fully saturated rings. The molecule has 0 spiro atoms. The zero-order valence-corrected chi connectivity index (χ0v) is 18.6. The molecule has 2 heterocycles. The molecule has 1 aromatic carbocycles. The van der Waals surface area contributed by atoms with Crippen LogP contribution in [0.25, 0.3) is 0 Å². The molecule has 164 valence electrons. The second-order valence-electron chi connectivity index (χ2n) is 7.59. The van der Waals surface area contributed by atoms with Gasteiger partial charge in [0, 0.05) is 52.4 Å². The van der Waals surface area contributed by atoms with Crippen molar-refractivity contribution >= 4 is 16.0 Å². The predicted octanol–water partition coefficient (Wildman–Crippen LogP) is 0.959. The van der Waals surface area contributed by atoms with Crippen LogP contribution in [0.4, 0.5) is 0 Å². The highest BCUT2D eigenvalue weighted by atomic mass is 32.2. The largest absolute Gasteiger partial charge is 0.364 e. The van der Waals surface area contributed by atoms with Gasteiger partial charge in [-0.1, -0.05) is 29.4 Å². The van der Waals surface area contributed by atoms with E-state index in [-0.39, 0.29) is 5.75 Å². The molecule has 1 aromatic heterocycles. The Labute approximate surface area is 178 Å². The maximum absolute atomic E-state index is 12.6. The maximum Gasteiger partial charge on any atom is 0.220 e. The quantitative estimate of drug-likeness (QED) is 0.512. The predicted molar refractivity (Wildman–Crippen MR) is 116 cm³/mol. The third-order valence-electron chi connectivity index (χ3n) is 4.94. The zero-order chi connectivity index (χ0) is 21.6. The Hall–Kier alpha value is -2.43. The van der Waals surface area contributed by atoms with E-state index in [1.165, 1.54) is 21.7 Å². The second-order valence-corrected chi connectivity index (χ2v) is 9.56. The molecule has 0 saturated carbocycles. The van der Waals surface area contributed by atoms with Crippen LogP contribution in [0.2, 0.25) is 0 Å². The number of piperazine rings is 1. The van der Waals surface area contributed by atoms with Gasteiger partial charge in [0.05, 0.1) is 5.69 Å². The third kappa shape index (κ3) is 6.04. The summed E-state index contributed by atoms with van der Waals surface area (Å²) >= 11 is 0. The van der Waals surface area contributed by atoms with Gasteiger partial charge in [0.1, 0.15) is 12.0 Å². The van der Waals surface area contributed by atoms with Gasteiger partial charge in [0.2, 0.25) is 10.0 Å². The SMILES string of the molecule is CN=C(NCc1ccc(CN(C)C)cc1)N1CCN(S(=O)(=O)Cc2ccon2)CC1. The van der Waals surface area contributed by atoms with Crippen molar-refractivity contribution < 1.29 is 12.9 Å². The van der Waals surface area contributed by atoms with Crippen molar-refractivity contribution in [1.29, 1.82) is 0 Å². The highest BCUT2D eigenvalue weighted by Crippen LogP contribution is 2.13. The highest BCUT2D eigenvalue weighted by molar-refractivity contribution is 7.88. The van der Waals surface area contributed by atoms with Crippen LogP contribution in [0.3, 0.4) is 0 Å². The molecule has 0 atom stereocenters. The van der Waals surface area contributed by atoms with E-state index in [4.69, 9.17) is 4.52 Å². The molecule has 1 aliphatic heterocycles. The van der Waals surface area contributed by atoms with E-state index < -0.39 is 10.0 Å². The Bertz CT molecular complexity index is 918. The van der Waals surface area contributed by atoms with E-state index in [2.05, 4.69) is 63.6 Å². The molecule has 1 saturated heterocycles. The summed E-state index contributed by atoms with van der Waals surface area (Å²) in [5.74, 6) is 0.640. The molecule has 1 N–H and O–H groups in total. The van der Waals surface area contributed by atoms with Gasteiger partial charge in [0.25, 0.3) is 0 Å². The third-order valence-corrected chi connectivity index (χ3v) is 6.75. The van der Waals surface area contributed by atoms with Crippen molar-refractivity contribution in [1.82, 2.24) is 24.6 Å². The minimum absolute atomic E-state index is 0.139. The first-order valence-electron chi connectivity index (χ1n) is 9.92. The van der Waals surface area contributed by atoms with Crippen LogP contribution in [0.5, 0.6) is 0 Å². The average Bonchev–Trinajstić information content (AvgIpc) is 3.22. The highest BCUT2D eigenvalue weighted by Gasteiger charge is 2.28. The Kier molecular flexibility index (Phi) is 7.46. The summed E-state index contributed by atoms with van der Waals surface area (Å²) in [5, 5.41) is 7.08. The van der Waals surface area contributed by atoms with Crippen molar-refractivity contribution in [3.63, 3.8) is 0 Å². The Morgan fingerprint density at radius 1 is 1.13 bits per heavy atom. The molecule has 1 aliphatic rings. The van der Waals surface area contributed by atoms with Crippen molar-refractivity contribution in [2.24, 2.45) is 4.99 Å². The summed E-state index contributed by atoms with van der Waals surface area (Å²) in [6.45, 7) is 3.58. The number of benzene rings is 1. The molecule has 30 heavy (non-hydrogen) atoms. The van der Waals surface area contributed by atoms with E-state index in [0.717, 1.165) is 12.5 Å². The molecule has 0 amide bonds. The van der Waals surface area contributed by atoms with Crippen molar-refractivity contribution in [3.8, 4) is 0 Å². The number of sulfonamides is 1. The Morgan fingerprint density at radius 3 is 2.37 bits per heavy atom. The van der Waals surface area contributed by atoms with Crippen molar-refractivity contribution in [2.45, 2.75) is 18.8 Å². The molecule has 10 heteroatoms. The van der Waals surface area contributed by atoms with Crippen LogP contribution in [0.15, 0.2) is 46.1 Å². The van der Waals surface area contributed by atoms with Crippen molar-refractivity contribution in [2.75, 3.05) is 47.3 Å². The van der Waals surface area contributed by atoms with Crippen LogP contribution in [0.1, 0.15) is 16.8 Å². The summed E-state index contributed by atoms with van der Waals surface area (Å²) in [5.41, 5.74) is 2.87. The molecule has 9 nitrogen and oxygen atoms in total. The summed E-state index contributed by atoms with van der Waals surface area (Å²) < 4.78 is 31.4. The van der Waals surface area contributed by atoms with Gasteiger partial charge < -0.3 is 19.6 Å². The zero-order valence-electron chi connectivity index (χ0n) is 17.8.